The van der Waals surface area contributed by atoms with Gasteiger partial charge in [-0.05, 0) is 37.1 Å². The molecule has 0 fully saturated rings. The van der Waals surface area contributed by atoms with Crippen molar-refractivity contribution in [3.05, 3.63) is 44.1 Å². The Bertz CT molecular complexity index is 1250. The van der Waals surface area contributed by atoms with Gasteiger partial charge in [-0.2, -0.15) is 4.98 Å². The van der Waals surface area contributed by atoms with Crippen molar-refractivity contribution >= 4 is 22.0 Å². The minimum absolute atomic E-state index is 0.0516. The third-order valence-corrected chi connectivity index (χ3v) is 5.02. The molecule has 0 saturated carbocycles. The second-order valence-corrected chi connectivity index (χ2v) is 7.72. The molecule has 13 nitrogen and oxygen atoms in total. The molecule has 3 atom stereocenters. The number of aliphatic hydroxyl groups excluding tert-OH is 4. The van der Waals surface area contributed by atoms with Crippen molar-refractivity contribution in [2.45, 2.75) is 38.7 Å². The van der Waals surface area contributed by atoms with E-state index < -0.39 is 47.2 Å². The Morgan fingerprint density at radius 3 is 2.25 bits per heavy atom. The Balaban J connectivity index is 0.000000654. The van der Waals surface area contributed by atoms with E-state index in [1.54, 1.807) is 12.1 Å². The van der Waals surface area contributed by atoms with Gasteiger partial charge in [0.05, 0.1) is 31.3 Å². The Morgan fingerprint density at radius 2 is 1.69 bits per heavy atom. The number of nitrogens with one attached hydrogen (secondary N) is 1. The van der Waals surface area contributed by atoms with Gasteiger partial charge in [0.25, 0.3) is 16.5 Å². The molecule has 0 aromatic heterocycles. The van der Waals surface area contributed by atoms with E-state index in [-0.39, 0.29) is 18.1 Å². The van der Waals surface area contributed by atoms with Crippen LogP contribution in [0.15, 0.2) is 21.7 Å². The Labute approximate surface area is 183 Å². The molecule has 0 aliphatic carbocycles. The Morgan fingerprint density at radius 1 is 1.09 bits per heavy atom. The average Bonchev–Trinajstić information content (AvgIpc) is 2.74. The topological polar surface area (TPSA) is 205 Å². The van der Waals surface area contributed by atoms with Gasteiger partial charge in [0.1, 0.15) is 18.3 Å². The molecule has 3 rings (SSSR count). The molecule has 2 aliphatic rings. The number of benzene rings is 1. The second kappa shape index (κ2) is 10.7. The Kier molecular flexibility index (Phi) is 8.54. The molecule has 0 spiro atoms. The number of H-pyrrole nitrogens is 1. The zero-order valence-electron chi connectivity index (χ0n) is 17.4. The summed E-state index contributed by atoms with van der Waals surface area (Å²) in [5, 5.41) is 38.8. The minimum Gasteiger partial charge on any atom is -0.394 e. The lowest BCUT2D eigenvalue weighted by molar-refractivity contribution is -0.0802. The summed E-state index contributed by atoms with van der Waals surface area (Å²) in [7, 11) is -1.50. The van der Waals surface area contributed by atoms with Crippen LogP contribution in [-0.4, -0.2) is 80.4 Å². The normalized spacial score (nSPS) is 14.2. The van der Waals surface area contributed by atoms with Crippen LogP contribution in [0.1, 0.15) is 11.1 Å². The summed E-state index contributed by atoms with van der Waals surface area (Å²) in [5.74, 6) is -0.0516. The summed E-state index contributed by atoms with van der Waals surface area (Å²) < 4.78 is 23.5. The fourth-order valence-corrected chi connectivity index (χ4v) is 2.89. The highest BCUT2D eigenvalue weighted by atomic mass is 32.2. The standard InChI is InChI=1S/C17H20N4O6.CH4O3S/c1-7-3-9-10(4-8(7)2)21(5-11(23)14(25)12(24)6-22)15-13(18-9)16(26)20-17(27)19-15;1-4-5(2)3/h3-4,11-12,14,22-25H,5-6H2,1-2H3,(H,20,26,27);5H,1H3/t11-,12+,14-;/m0./s1. The highest BCUT2D eigenvalue weighted by molar-refractivity contribution is 7.67. The smallest absolute Gasteiger partial charge is 0.349 e. The molecule has 0 radical (unpaired) electrons. The number of rotatable bonds is 6. The van der Waals surface area contributed by atoms with Crippen molar-refractivity contribution < 1.29 is 33.0 Å². The summed E-state index contributed by atoms with van der Waals surface area (Å²) in [6, 6.07) is 3.53. The highest BCUT2D eigenvalue weighted by Crippen LogP contribution is 2.24. The quantitative estimate of drug-likeness (QED) is 0.162. The van der Waals surface area contributed by atoms with Crippen molar-refractivity contribution in [1.29, 1.82) is 0 Å². The maximum absolute atomic E-state index is 12.2. The van der Waals surface area contributed by atoms with E-state index in [2.05, 4.69) is 19.1 Å². The lowest BCUT2D eigenvalue weighted by atomic mass is 10.1. The molecular formula is C18H24N4O9S. The van der Waals surface area contributed by atoms with Gasteiger partial charge in [-0.15, -0.1) is 0 Å². The van der Waals surface area contributed by atoms with Gasteiger partial charge in [0, 0.05) is 0 Å². The molecule has 0 amide bonds. The fourth-order valence-electron chi connectivity index (χ4n) is 2.89. The molecule has 0 saturated heterocycles. The van der Waals surface area contributed by atoms with Crippen LogP contribution in [0.3, 0.4) is 0 Å². The van der Waals surface area contributed by atoms with E-state index >= 15 is 0 Å². The van der Waals surface area contributed by atoms with E-state index in [9.17, 15) is 33.3 Å². The predicted octanol–water partition coefficient (Wildman–Crippen LogP) is -2.56. The van der Waals surface area contributed by atoms with Crippen molar-refractivity contribution in [2.24, 2.45) is 0 Å². The van der Waals surface area contributed by atoms with Crippen LogP contribution in [0.5, 0.6) is 0 Å². The molecule has 1 aromatic carbocycles. The highest BCUT2D eigenvalue weighted by Gasteiger charge is 2.27. The van der Waals surface area contributed by atoms with Crippen molar-refractivity contribution in [3.8, 4) is 11.5 Å². The van der Waals surface area contributed by atoms with Crippen molar-refractivity contribution in [2.75, 3.05) is 13.7 Å². The lowest BCUT2D eigenvalue weighted by Crippen LogP contribution is -2.42. The van der Waals surface area contributed by atoms with Crippen LogP contribution >= 0.6 is 0 Å². The number of hydrogen-bond acceptors (Lipinski definition) is 11. The molecule has 2 heterocycles. The van der Waals surface area contributed by atoms with Crippen LogP contribution in [0.4, 0.5) is 0 Å². The van der Waals surface area contributed by atoms with Gasteiger partial charge in [-0.3, -0.25) is 14.0 Å². The number of aliphatic hydroxyl groups is 4. The largest absolute Gasteiger partial charge is 0.394 e. The molecule has 0 unspecified atom stereocenters. The van der Waals surface area contributed by atoms with Crippen LogP contribution in [0.25, 0.3) is 22.6 Å². The first kappa shape index (κ1) is 25.5. The maximum Gasteiger partial charge on any atom is 0.349 e. The summed E-state index contributed by atoms with van der Waals surface area (Å²) in [5.41, 5.74) is 1.11. The first-order valence-corrected chi connectivity index (χ1v) is 10.3. The van der Waals surface area contributed by atoms with Gasteiger partial charge >= 0.3 is 5.69 Å². The van der Waals surface area contributed by atoms with Crippen LogP contribution < -0.4 is 11.2 Å². The van der Waals surface area contributed by atoms with E-state index in [0.717, 1.165) is 18.2 Å². The summed E-state index contributed by atoms with van der Waals surface area (Å²) in [6.07, 6.45) is -4.68. The fraction of sp³-hybridized carbons (Fsp3) is 0.444. The average molecular weight is 472 g/mol. The molecular weight excluding hydrogens is 448 g/mol. The van der Waals surface area contributed by atoms with Gasteiger partial charge < -0.3 is 25.0 Å². The number of hydrogen-bond donors (Lipinski definition) is 6. The summed E-state index contributed by atoms with van der Waals surface area (Å²) >= 11 is 0. The van der Waals surface area contributed by atoms with Crippen molar-refractivity contribution in [1.82, 2.24) is 19.5 Å². The number of aryl methyl sites for hydroxylation is 2. The number of fused-ring (bicyclic) bond motifs is 2. The first-order chi connectivity index (χ1) is 15.0. The zero-order chi connectivity index (χ0) is 24.2. The monoisotopic (exact) mass is 472 g/mol. The van der Waals surface area contributed by atoms with Crippen molar-refractivity contribution in [3.63, 3.8) is 0 Å². The predicted molar refractivity (Wildman–Crippen MR) is 113 cm³/mol. The molecule has 14 heteroatoms. The second-order valence-electron chi connectivity index (χ2n) is 6.90. The number of aromatic amines is 1. The SMILES string of the molecule is CO[SH](=O)=O.Cc1cc2nc3c(=O)[nH]c(=O)nc-3n(C[C@H](O)[C@H](O)[C@H](O)CO)c2cc1C. The molecule has 5 N–H and O–H groups in total. The van der Waals surface area contributed by atoms with E-state index in [1.165, 1.54) is 4.57 Å². The Hall–Kier alpha value is -2.75. The molecule has 1 aromatic rings. The molecule has 2 aliphatic heterocycles. The molecule has 176 valence electrons. The zero-order valence-corrected chi connectivity index (χ0v) is 18.3. The summed E-state index contributed by atoms with van der Waals surface area (Å²) in [6.45, 7) is 2.73. The molecule has 0 bridgehead atoms. The first-order valence-electron chi connectivity index (χ1n) is 9.25. The van der Waals surface area contributed by atoms with E-state index in [1.807, 2.05) is 13.8 Å². The number of aromatic nitrogens is 4. The third-order valence-electron chi connectivity index (χ3n) is 4.72. The summed E-state index contributed by atoms with van der Waals surface area (Å²) in [4.78, 5) is 34.0. The lowest BCUT2D eigenvalue weighted by Gasteiger charge is -2.25. The third kappa shape index (κ3) is 5.73. The van der Waals surface area contributed by atoms with E-state index in [4.69, 9.17) is 5.11 Å². The van der Waals surface area contributed by atoms with Gasteiger partial charge in [0.15, 0.2) is 11.5 Å². The minimum atomic E-state index is -2.60. The van der Waals surface area contributed by atoms with Gasteiger partial charge in [0.2, 0.25) is 0 Å². The van der Waals surface area contributed by atoms with Crippen LogP contribution in [0, 0.1) is 13.8 Å². The number of nitrogens with zero attached hydrogens (tertiary/aromatic N) is 3. The van der Waals surface area contributed by atoms with E-state index in [0.29, 0.717) is 11.0 Å². The van der Waals surface area contributed by atoms with Gasteiger partial charge in [-0.1, -0.05) is 0 Å². The van der Waals surface area contributed by atoms with Gasteiger partial charge in [-0.25, -0.2) is 18.2 Å². The maximum atomic E-state index is 12.2. The number of thiol groups is 1. The van der Waals surface area contributed by atoms with Crippen LogP contribution in [-0.2, 0) is 21.7 Å². The van der Waals surface area contributed by atoms with Crippen LogP contribution in [0.2, 0.25) is 0 Å². The molecule has 32 heavy (non-hydrogen) atoms.